The summed E-state index contributed by atoms with van der Waals surface area (Å²) in [4.78, 5) is 25.3. The summed E-state index contributed by atoms with van der Waals surface area (Å²) in [6.07, 6.45) is -2.81. The van der Waals surface area contributed by atoms with Gasteiger partial charge in [-0.2, -0.15) is 0 Å². The first-order valence-electron chi connectivity index (χ1n) is 10.7. The fraction of sp³-hybridized carbons (Fsp3) is 0.684. The van der Waals surface area contributed by atoms with Crippen LogP contribution in [-0.2, 0) is 35.1 Å². The fourth-order valence-electron chi connectivity index (χ4n) is 3.89. The molecular formula is C19H27ClFN6O5PS. The monoisotopic (exact) mass is 536 g/mol. The summed E-state index contributed by atoms with van der Waals surface area (Å²) in [7, 11) is 1.71. The van der Waals surface area contributed by atoms with Gasteiger partial charge in [0.05, 0.1) is 24.9 Å². The molecule has 2 fully saturated rings. The van der Waals surface area contributed by atoms with Crippen LogP contribution in [0.3, 0.4) is 0 Å². The molecule has 0 saturated carbocycles. The Morgan fingerprint density at radius 3 is 2.85 bits per heavy atom. The topological polar surface area (TPSA) is 122 Å². The molecule has 0 amide bonds. The van der Waals surface area contributed by atoms with Crippen LogP contribution in [-0.4, -0.2) is 75.0 Å². The molecule has 15 heteroatoms. The number of nitrogens with one attached hydrogen (secondary N) is 2. The van der Waals surface area contributed by atoms with Crippen LogP contribution < -0.4 is 10.4 Å². The van der Waals surface area contributed by atoms with Crippen molar-refractivity contribution in [2.24, 2.45) is 0 Å². The number of rotatable bonds is 7. The molecule has 2 aromatic heterocycles. The number of aromatic nitrogens is 4. The lowest BCUT2D eigenvalue weighted by Crippen LogP contribution is -2.53. The van der Waals surface area contributed by atoms with E-state index in [-0.39, 0.29) is 18.6 Å². The molecule has 0 radical (unpaired) electrons. The summed E-state index contributed by atoms with van der Waals surface area (Å²) in [6.45, 7) is 3.41. The summed E-state index contributed by atoms with van der Waals surface area (Å²) in [5.41, 5.74) is -0.418. The summed E-state index contributed by atoms with van der Waals surface area (Å²) >= 11 is 11.8. The second-order valence-corrected chi connectivity index (χ2v) is 11.9. The summed E-state index contributed by atoms with van der Waals surface area (Å²) in [5, 5.41) is 5.83. The van der Waals surface area contributed by atoms with Gasteiger partial charge in [0, 0.05) is 7.05 Å². The minimum absolute atomic E-state index is 0.0999. The van der Waals surface area contributed by atoms with E-state index in [9.17, 15) is 4.79 Å². The van der Waals surface area contributed by atoms with E-state index in [2.05, 4.69) is 25.4 Å². The number of halogens is 2. The zero-order valence-electron chi connectivity index (χ0n) is 19.3. The summed E-state index contributed by atoms with van der Waals surface area (Å²) in [5.74, 6) is 0.383. The molecule has 1 unspecified atom stereocenters. The van der Waals surface area contributed by atoms with Crippen molar-refractivity contribution in [1.29, 1.82) is 0 Å². The van der Waals surface area contributed by atoms with E-state index in [1.807, 2.05) is 0 Å². The quantitative estimate of drug-likeness (QED) is 0.308. The number of carbonyl (C=O) groups is 1. The molecule has 0 aromatic carbocycles. The fourth-order valence-corrected chi connectivity index (χ4v) is 6.87. The minimum atomic E-state index is -3.26. The Labute approximate surface area is 206 Å². The van der Waals surface area contributed by atoms with Crippen LogP contribution in [0.1, 0.15) is 32.8 Å². The third-order valence-corrected chi connectivity index (χ3v) is 8.51. The number of aryl methyl sites for hydroxylation is 1. The van der Waals surface area contributed by atoms with Crippen LogP contribution >= 0.6 is 18.2 Å². The standard InChI is InChI=1S/C19H27ClFN6O5PS/c1-9(2)30-18(28)10(3)26-33(34)29-7-19(6-20)14(32-33)12(21)17(31-19)27-8-23-13-15(22-5)24-11(4)25-16(13)27/h8-10,12,14,17H,6-7H2,1-5H3,(H,26,34)(H,22,24,25)/t10-,12+,14-,17+,19+,33?/m0/s1. The van der Waals surface area contributed by atoms with E-state index in [4.69, 9.17) is 41.9 Å². The molecule has 11 nitrogen and oxygen atoms in total. The van der Waals surface area contributed by atoms with Crippen molar-refractivity contribution >= 4 is 53.0 Å². The second-order valence-electron chi connectivity index (χ2n) is 8.48. The zero-order valence-corrected chi connectivity index (χ0v) is 21.8. The van der Waals surface area contributed by atoms with Crippen LogP contribution in [0.25, 0.3) is 11.2 Å². The van der Waals surface area contributed by atoms with Crippen LogP contribution in [0.2, 0.25) is 0 Å². The molecule has 0 aliphatic carbocycles. The number of hydrogen-bond acceptors (Lipinski definition) is 10. The lowest BCUT2D eigenvalue weighted by atomic mass is 9.99. The van der Waals surface area contributed by atoms with Crippen molar-refractivity contribution in [3.05, 3.63) is 12.2 Å². The van der Waals surface area contributed by atoms with E-state index in [0.29, 0.717) is 22.8 Å². The third kappa shape index (κ3) is 4.55. The number of nitrogens with zero attached hydrogens (tertiary/aromatic N) is 4. The highest BCUT2D eigenvalue weighted by molar-refractivity contribution is 8.09. The summed E-state index contributed by atoms with van der Waals surface area (Å²) < 4.78 is 40.5. The average Bonchev–Trinajstić information content (AvgIpc) is 3.31. The Morgan fingerprint density at radius 1 is 1.47 bits per heavy atom. The first-order chi connectivity index (χ1) is 16.0. The molecule has 0 bridgehead atoms. The maximum atomic E-state index is 15.9. The molecule has 2 aromatic rings. The third-order valence-electron chi connectivity index (χ3n) is 5.49. The highest BCUT2D eigenvalue weighted by Gasteiger charge is 2.62. The maximum absolute atomic E-state index is 15.9. The van der Waals surface area contributed by atoms with Gasteiger partial charge < -0.3 is 23.8 Å². The van der Waals surface area contributed by atoms with Crippen LogP contribution in [0.5, 0.6) is 0 Å². The van der Waals surface area contributed by atoms with Crippen LogP contribution in [0.15, 0.2) is 6.33 Å². The predicted molar refractivity (Wildman–Crippen MR) is 127 cm³/mol. The van der Waals surface area contributed by atoms with Crippen molar-refractivity contribution in [2.45, 2.75) is 63.9 Å². The van der Waals surface area contributed by atoms with Crippen LogP contribution in [0.4, 0.5) is 10.2 Å². The molecule has 2 saturated heterocycles. The van der Waals surface area contributed by atoms with E-state index in [1.54, 1.807) is 34.7 Å². The maximum Gasteiger partial charge on any atom is 0.323 e. The van der Waals surface area contributed by atoms with E-state index in [0.717, 1.165) is 0 Å². The Hall–Kier alpha value is -1.47. The van der Waals surface area contributed by atoms with E-state index in [1.165, 1.54) is 10.9 Å². The van der Waals surface area contributed by atoms with Gasteiger partial charge in [-0.3, -0.25) is 9.36 Å². The van der Waals surface area contributed by atoms with E-state index >= 15 is 4.39 Å². The number of hydrogen-bond donors (Lipinski definition) is 2. The molecule has 4 heterocycles. The van der Waals surface area contributed by atoms with E-state index < -0.39 is 42.8 Å². The van der Waals surface area contributed by atoms with Gasteiger partial charge in [0.25, 0.3) is 6.64 Å². The lowest BCUT2D eigenvalue weighted by Gasteiger charge is -2.41. The van der Waals surface area contributed by atoms with Crippen molar-refractivity contribution < 1.29 is 27.7 Å². The largest absolute Gasteiger partial charge is 0.462 e. The van der Waals surface area contributed by atoms with Gasteiger partial charge >= 0.3 is 5.97 Å². The first kappa shape index (κ1) is 25.6. The number of alkyl halides is 2. The summed E-state index contributed by atoms with van der Waals surface area (Å²) in [6, 6.07) is -0.815. The number of ether oxygens (including phenoxy) is 2. The number of esters is 1. The van der Waals surface area contributed by atoms with Crippen molar-refractivity contribution in [2.75, 3.05) is 24.9 Å². The zero-order chi connectivity index (χ0) is 24.8. The Kier molecular flexibility index (Phi) is 7.18. The minimum Gasteiger partial charge on any atom is -0.462 e. The van der Waals surface area contributed by atoms with Gasteiger partial charge in [-0.1, -0.05) is 0 Å². The van der Waals surface area contributed by atoms with Gasteiger partial charge in [0.2, 0.25) is 0 Å². The molecule has 4 rings (SSSR count). The Morgan fingerprint density at radius 2 is 2.21 bits per heavy atom. The lowest BCUT2D eigenvalue weighted by molar-refractivity contribution is -0.149. The van der Waals surface area contributed by atoms with Crippen LogP contribution in [0, 0.1) is 6.92 Å². The first-order valence-corrected chi connectivity index (χ1v) is 13.9. The smallest absolute Gasteiger partial charge is 0.323 e. The van der Waals surface area contributed by atoms with Gasteiger partial charge in [-0.15, -0.1) is 11.6 Å². The number of fused-ring (bicyclic) bond motifs is 2. The number of anilines is 1. The molecule has 2 aliphatic rings. The molecule has 34 heavy (non-hydrogen) atoms. The molecular weight excluding hydrogens is 510 g/mol. The Bertz CT molecular complexity index is 1140. The Balaban J connectivity index is 1.61. The van der Waals surface area contributed by atoms with Crippen molar-refractivity contribution in [1.82, 2.24) is 24.6 Å². The van der Waals surface area contributed by atoms with Gasteiger partial charge in [0.15, 0.2) is 29.4 Å². The van der Waals surface area contributed by atoms with Crippen molar-refractivity contribution in [3.63, 3.8) is 0 Å². The SMILES string of the molecule is CNc1nc(C)nc2c1ncn2[C@@H]1O[C@]2(CCl)COP(=S)(N[C@@H](C)C(=O)OC(C)C)O[C@H]2[C@H]1F. The highest BCUT2D eigenvalue weighted by atomic mass is 35.5. The van der Waals surface area contributed by atoms with Gasteiger partial charge in [-0.25, -0.2) is 24.4 Å². The molecule has 6 atom stereocenters. The molecule has 0 spiro atoms. The predicted octanol–water partition coefficient (Wildman–Crippen LogP) is 2.59. The van der Waals surface area contributed by atoms with Gasteiger partial charge in [-0.05, 0) is 39.5 Å². The normalized spacial score (nSPS) is 32.1. The molecule has 2 aliphatic heterocycles. The molecule has 188 valence electrons. The number of carbonyl (C=O) groups excluding carboxylic acids is 1. The molecule has 2 N–H and O–H groups in total. The number of imidazole rings is 1. The van der Waals surface area contributed by atoms with Gasteiger partial charge in [0.1, 0.15) is 23.6 Å². The average molecular weight is 537 g/mol. The van der Waals surface area contributed by atoms with Crippen molar-refractivity contribution in [3.8, 4) is 0 Å². The highest BCUT2D eigenvalue weighted by Crippen LogP contribution is 2.58. The second kappa shape index (κ2) is 9.53.